The highest BCUT2D eigenvalue weighted by Crippen LogP contribution is 2.28. The van der Waals surface area contributed by atoms with Crippen LogP contribution in [0.25, 0.3) is 11.3 Å². The van der Waals surface area contributed by atoms with Crippen LogP contribution in [0.5, 0.6) is 0 Å². The highest BCUT2D eigenvalue weighted by atomic mass is 32.1. The van der Waals surface area contributed by atoms with Crippen LogP contribution in [0, 0.1) is 5.92 Å². The second-order valence-electron chi connectivity index (χ2n) is 4.07. The van der Waals surface area contributed by atoms with Gasteiger partial charge in [-0.15, -0.1) is 0 Å². The molecule has 2 heterocycles. The van der Waals surface area contributed by atoms with Gasteiger partial charge in [0.05, 0.1) is 5.69 Å². The lowest BCUT2D eigenvalue weighted by Gasteiger charge is -2.05. The molecule has 15 heavy (non-hydrogen) atoms. The summed E-state index contributed by atoms with van der Waals surface area (Å²) in [5, 5.41) is 11.3. The fourth-order valence-electron chi connectivity index (χ4n) is 1.64. The van der Waals surface area contributed by atoms with Gasteiger partial charge < -0.3 is 5.73 Å². The van der Waals surface area contributed by atoms with Gasteiger partial charge in [-0.3, -0.25) is 5.10 Å². The van der Waals surface area contributed by atoms with Gasteiger partial charge in [0.15, 0.2) is 0 Å². The predicted molar refractivity (Wildman–Crippen MR) is 64.9 cm³/mol. The summed E-state index contributed by atoms with van der Waals surface area (Å²) < 4.78 is 0. The van der Waals surface area contributed by atoms with E-state index >= 15 is 0 Å². The Labute approximate surface area is 93.3 Å². The normalized spacial score (nSPS) is 11.1. The Balaban J connectivity index is 2.40. The number of hydrogen-bond acceptors (Lipinski definition) is 3. The first-order chi connectivity index (χ1) is 7.18. The number of aromatic nitrogens is 2. The van der Waals surface area contributed by atoms with E-state index in [4.69, 9.17) is 5.73 Å². The third kappa shape index (κ3) is 2.04. The molecule has 0 bridgehead atoms. The summed E-state index contributed by atoms with van der Waals surface area (Å²) in [6.45, 7) is 4.37. The Morgan fingerprint density at radius 3 is 2.93 bits per heavy atom. The molecule has 3 N–H and O–H groups in total. The van der Waals surface area contributed by atoms with Gasteiger partial charge in [0.25, 0.3) is 0 Å². The van der Waals surface area contributed by atoms with E-state index in [1.54, 1.807) is 11.3 Å². The average Bonchev–Trinajstić information content (AvgIpc) is 2.76. The smallest absolute Gasteiger partial charge is 0.149 e. The van der Waals surface area contributed by atoms with E-state index in [0.29, 0.717) is 11.7 Å². The molecule has 0 aliphatic rings. The number of nitrogens with one attached hydrogen (secondary N) is 1. The van der Waals surface area contributed by atoms with Crippen molar-refractivity contribution in [1.29, 1.82) is 0 Å². The molecule has 0 saturated heterocycles. The van der Waals surface area contributed by atoms with Crippen molar-refractivity contribution in [3.63, 3.8) is 0 Å². The fraction of sp³-hybridized carbons (Fsp3) is 0.364. The molecule has 0 aliphatic carbocycles. The molecule has 0 fully saturated rings. The number of hydrogen-bond donors (Lipinski definition) is 2. The van der Waals surface area contributed by atoms with Crippen LogP contribution >= 0.6 is 11.3 Å². The van der Waals surface area contributed by atoms with Crippen molar-refractivity contribution in [3.05, 3.63) is 22.4 Å². The highest BCUT2D eigenvalue weighted by Gasteiger charge is 2.13. The summed E-state index contributed by atoms with van der Waals surface area (Å²) in [6.07, 6.45) is 0.966. The monoisotopic (exact) mass is 221 g/mol. The Morgan fingerprint density at radius 2 is 2.33 bits per heavy atom. The largest absolute Gasteiger partial charge is 0.382 e. The van der Waals surface area contributed by atoms with Crippen LogP contribution in [-0.2, 0) is 6.42 Å². The molecule has 4 heteroatoms. The number of rotatable bonds is 3. The maximum absolute atomic E-state index is 5.86. The Kier molecular flexibility index (Phi) is 2.77. The maximum Gasteiger partial charge on any atom is 0.149 e. The summed E-state index contributed by atoms with van der Waals surface area (Å²) >= 11 is 1.68. The number of anilines is 1. The first-order valence-corrected chi connectivity index (χ1v) is 5.98. The zero-order valence-electron chi connectivity index (χ0n) is 8.95. The van der Waals surface area contributed by atoms with Gasteiger partial charge in [-0.05, 0) is 23.8 Å². The van der Waals surface area contributed by atoms with Gasteiger partial charge in [0.2, 0.25) is 0 Å². The average molecular weight is 221 g/mol. The topological polar surface area (TPSA) is 54.7 Å². The number of nitrogens with zero attached hydrogens (tertiary/aromatic N) is 1. The summed E-state index contributed by atoms with van der Waals surface area (Å²) in [6, 6.07) is 2.08. The second kappa shape index (κ2) is 4.06. The lowest BCUT2D eigenvalue weighted by Crippen LogP contribution is -1.98. The van der Waals surface area contributed by atoms with Gasteiger partial charge in [-0.25, -0.2) is 0 Å². The predicted octanol–water partition coefficient (Wildman–Crippen LogP) is 2.92. The Hall–Kier alpha value is -1.29. The summed E-state index contributed by atoms with van der Waals surface area (Å²) in [7, 11) is 0. The van der Waals surface area contributed by atoms with Crippen LogP contribution in [0.1, 0.15) is 19.4 Å². The van der Waals surface area contributed by atoms with E-state index in [0.717, 1.165) is 17.7 Å². The van der Waals surface area contributed by atoms with Gasteiger partial charge >= 0.3 is 0 Å². The van der Waals surface area contributed by atoms with Crippen molar-refractivity contribution in [1.82, 2.24) is 10.2 Å². The van der Waals surface area contributed by atoms with Crippen LogP contribution in [0.15, 0.2) is 16.8 Å². The summed E-state index contributed by atoms with van der Waals surface area (Å²) in [5.41, 5.74) is 9.25. The summed E-state index contributed by atoms with van der Waals surface area (Å²) in [4.78, 5) is 0. The van der Waals surface area contributed by atoms with Crippen LogP contribution in [0.3, 0.4) is 0 Å². The molecular formula is C11H15N3S. The molecule has 0 amide bonds. The molecule has 0 spiro atoms. The van der Waals surface area contributed by atoms with Gasteiger partial charge in [-0.1, -0.05) is 13.8 Å². The van der Waals surface area contributed by atoms with E-state index in [9.17, 15) is 0 Å². The number of nitrogens with two attached hydrogens (primary N) is 1. The molecule has 0 aromatic carbocycles. The minimum absolute atomic E-state index is 0.585. The van der Waals surface area contributed by atoms with Gasteiger partial charge in [0.1, 0.15) is 5.82 Å². The molecule has 2 aromatic heterocycles. The maximum atomic E-state index is 5.86. The van der Waals surface area contributed by atoms with Crippen molar-refractivity contribution in [2.75, 3.05) is 5.73 Å². The molecule has 80 valence electrons. The zero-order valence-corrected chi connectivity index (χ0v) is 9.77. The number of nitrogen functional groups attached to an aromatic ring is 1. The number of thiophene rings is 1. The van der Waals surface area contributed by atoms with Crippen molar-refractivity contribution in [3.8, 4) is 11.3 Å². The fourth-order valence-corrected chi connectivity index (χ4v) is 2.29. The van der Waals surface area contributed by atoms with Crippen molar-refractivity contribution in [2.24, 2.45) is 5.92 Å². The SMILES string of the molecule is CC(C)Cc1c(N)n[nH]c1-c1ccsc1. The van der Waals surface area contributed by atoms with Gasteiger partial charge in [-0.2, -0.15) is 16.4 Å². The third-order valence-electron chi connectivity index (χ3n) is 2.32. The quantitative estimate of drug-likeness (QED) is 0.837. The lowest BCUT2D eigenvalue weighted by atomic mass is 10.0. The standard InChI is InChI=1S/C11H15N3S/c1-7(2)5-9-10(13-14-11(9)12)8-3-4-15-6-8/h3-4,6-7H,5H2,1-2H3,(H3,12,13,14). The van der Waals surface area contributed by atoms with Crippen LogP contribution in [0.2, 0.25) is 0 Å². The minimum Gasteiger partial charge on any atom is -0.382 e. The third-order valence-corrected chi connectivity index (χ3v) is 3.00. The van der Waals surface area contributed by atoms with E-state index in [2.05, 4.69) is 40.9 Å². The number of H-pyrrole nitrogens is 1. The zero-order chi connectivity index (χ0) is 10.8. The van der Waals surface area contributed by atoms with Crippen molar-refractivity contribution >= 4 is 17.2 Å². The second-order valence-corrected chi connectivity index (χ2v) is 4.85. The molecule has 0 atom stereocenters. The van der Waals surface area contributed by atoms with Crippen LogP contribution < -0.4 is 5.73 Å². The minimum atomic E-state index is 0.585. The Bertz CT molecular complexity index is 429. The Morgan fingerprint density at radius 1 is 1.53 bits per heavy atom. The molecule has 2 rings (SSSR count). The number of aromatic amines is 1. The van der Waals surface area contributed by atoms with E-state index in [-0.39, 0.29) is 0 Å². The lowest BCUT2D eigenvalue weighted by molar-refractivity contribution is 0.649. The van der Waals surface area contributed by atoms with Crippen molar-refractivity contribution < 1.29 is 0 Å². The highest BCUT2D eigenvalue weighted by molar-refractivity contribution is 7.08. The molecular weight excluding hydrogens is 206 g/mol. The van der Waals surface area contributed by atoms with Crippen LogP contribution in [0.4, 0.5) is 5.82 Å². The van der Waals surface area contributed by atoms with E-state index in [1.165, 1.54) is 5.56 Å². The molecule has 0 saturated carbocycles. The van der Waals surface area contributed by atoms with Gasteiger partial charge in [0, 0.05) is 16.5 Å². The van der Waals surface area contributed by atoms with Crippen LogP contribution in [-0.4, -0.2) is 10.2 Å². The molecule has 0 unspecified atom stereocenters. The van der Waals surface area contributed by atoms with Crippen molar-refractivity contribution in [2.45, 2.75) is 20.3 Å². The molecule has 0 aliphatic heterocycles. The first kappa shape index (κ1) is 10.2. The van der Waals surface area contributed by atoms with E-state index in [1.807, 2.05) is 0 Å². The molecule has 2 aromatic rings. The first-order valence-electron chi connectivity index (χ1n) is 5.03. The molecule has 3 nitrogen and oxygen atoms in total. The van der Waals surface area contributed by atoms with E-state index < -0.39 is 0 Å². The molecule has 0 radical (unpaired) electrons. The summed E-state index contributed by atoms with van der Waals surface area (Å²) in [5.74, 6) is 1.21.